The van der Waals surface area contributed by atoms with Crippen molar-refractivity contribution in [2.24, 2.45) is 0 Å². The van der Waals surface area contributed by atoms with Gasteiger partial charge >= 0.3 is 0 Å². The molecule has 0 amide bonds. The largest absolute Gasteiger partial charge is 0.283 e. The van der Waals surface area contributed by atoms with Crippen molar-refractivity contribution in [3.8, 4) is 5.69 Å². The molecule has 3 nitrogen and oxygen atoms in total. The fraction of sp³-hybridized carbons (Fsp3) is 0.111. The van der Waals surface area contributed by atoms with E-state index in [0.29, 0.717) is 5.88 Å². The standard InChI is InChI=1S/C9H6Br2ClN3/c10-6-1-2-7(11)8(3-6)15-5-13-14-9(15)4-12/h1-3,5H,4H2. The van der Waals surface area contributed by atoms with E-state index in [1.54, 1.807) is 6.33 Å². The minimum absolute atomic E-state index is 0.332. The lowest BCUT2D eigenvalue weighted by Crippen LogP contribution is -1.99. The average molecular weight is 351 g/mol. The first-order valence-electron chi connectivity index (χ1n) is 4.12. The minimum atomic E-state index is 0.332. The van der Waals surface area contributed by atoms with E-state index in [9.17, 15) is 0 Å². The second-order valence-electron chi connectivity index (χ2n) is 2.85. The third-order valence-corrected chi connectivity index (χ3v) is 3.31. The van der Waals surface area contributed by atoms with Gasteiger partial charge in [0.1, 0.15) is 6.33 Å². The maximum absolute atomic E-state index is 5.77. The number of halogens is 3. The van der Waals surface area contributed by atoms with Crippen molar-refractivity contribution in [1.29, 1.82) is 0 Å². The number of nitrogens with zero attached hydrogens (tertiary/aromatic N) is 3. The monoisotopic (exact) mass is 349 g/mol. The molecule has 0 bridgehead atoms. The molecular weight excluding hydrogens is 345 g/mol. The molecule has 2 rings (SSSR count). The summed E-state index contributed by atoms with van der Waals surface area (Å²) in [6.45, 7) is 0. The summed E-state index contributed by atoms with van der Waals surface area (Å²) in [5.74, 6) is 1.05. The predicted molar refractivity (Wildman–Crippen MR) is 66.3 cm³/mol. The van der Waals surface area contributed by atoms with Gasteiger partial charge in [-0.25, -0.2) is 0 Å². The highest BCUT2D eigenvalue weighted by Crippen LogP contribution is 2.25. The second kappa shape index (κ2) is 4.63. The van der Waals surface area contributed by atoms with Gasteiger partial charge in [0.2, 0.25) is 0 Å². The maximum atomic E-state index is 5.77. The summed E-state index contributed by atoms with van der Waals surface area (Å²) in [7, 11) is 0. The normalized spacial score (nSPS) is 10.6. The molecular formula is C9H6Br2ClN3. The first-order chi connectivity index (χ1) is 7.22. The molecule has 6 heteroatoms. The van der Waals surface area contributed by atoms with E-state index in [0.717, 1.165) is 20.5 Å². The van der Waals surface area contributed by atoms with Crippen LogP contribution in [0.25, 0.3) is 5.69 Å². The molecule has 0 spiro atoms. The molecule has 0 saturated heterocycles. The van der Waals surface area contributed by atoms with Crippen molar-refractivity contribution < 1.29 is 0 Å². The Hall–Kier alpha value is -0.390. The predicted octanol–water partition coefficient (Wildman–Crippen LogP) is 3.53. The molecule has 0 unspecified atom stereocenters. The molecule has 0 aliphatic heterocycles. The first-order valence-corrected chi connectivity index (χ1v) is 6.24. The molecule has 0 saturated carbocycles. The van der Waals surface area contributed by atoms with Crippen molar-refractivity contribution in [2.45, 2.75) is 5.88 Å². The van der Waals surface area contributed by atoms with Gasteiger partial charge in [-0.3, -0.25) is 4.57 Å². The van der Waals surface area contributed by atoms with E-state index in [-0.39, 0.29) is 0 Å². The Labute approximate surface area is 109 Å². The topological polar surface area (TPSA) is 30.7 Å². The Bertz CT molecular complexity index is 484. The molecule has 78 valence electrons. The lowest BCUT2D eigenvalue weighted by molar-refractivity contribution is 0.946. The number of alkyl halides is 1. The van der Waals surface area contributed by atoms with E-state index < -0.39 is 0 Å². The van der Waals surface area contributed by atoms with Crippen LogP contribution in [-0.2, 0) is 5.88 Å². The van der Waals surface area contributed by atoms with Crippen LogP contribution in [0.1, 0.15) is 5.82 Å². The summed E-state index contributed by atoms with van der Waals surface area (Å²) in [6, 6.07) is 5.89. The zero-order chi connectivity index (χ0) is 10.8. The SMILES string of the molecule is ClCc1nncn1-c1cc(Br)ccc1Br. The van der Waals surface area contributed by atoms with Crippen LogP contribution in [-0.4, -0.2) is 14.8 Å². The summed E-state index contributed by atoms with van der Waals surface area (Å²) >= 11 is 12.7. The Balaban J connectivity index is 2.58. The van der Waals surface area contributed by atoms with Crippen LogP contribution in [0.4, 0.5) is 0 Å². The van der Waals surface area contributed by atoms with Crippen LogP contribution in [0, 0.1) is 0 Å². The van der Waals surface area contributed by atoms with E-state index in [1.807, 2.05) is 22.8 Å². The molecule has 15 heavy (non-hydrogen) atoms. The van der Waals surface area contributed by atoms with Gasteiger partial charge < -0.3 is 0 Å². The minimum Gasteiger partial charge on any atom is -0.283 e. The van der Waals surface area contributed by atoms with E-state index in [2.05, 4.69) is 42.1 Å². The second-order valence-corrected chi connectivity index (χ2v) is 4.88. The van der Waals surface area contributed by atoms with Gasteiger partial charge in [-0.05, 0) is 34.1 Å². The van der Waals surface area contributed by atoms with Gasteiger partial charge in [0.15, 0.2) is 5.82 Å². The third-order valence-electron chi connectivity index (χ3n) is 1.91. The zero-order valence-corrected chi connectivity index (χ0v) is 11.4. The molecule has 1 aromatic carbocycles. The van der Waals surface area contributed by atoms with E-state index >= 15 is 0 Å². The Morgan fingerprint density at radius 1 is 1.33 bits per heavy atom. The summed E-state index contributed by atoms with van der Waals surface area (Å²) < 4.78 is 3.81. The van der Waals surface area contributed by atoms with E-state index in [1.165, 1.54) is 0 Å². The highest BCUT2D eigenvalue weighted by molar-refractivity contribution is 9.11. The number of hydrogen-bond donors (Lipinski definition) is 0. The number of benzene rings is 1. The fourth-order valence-corrected chi connectivity index (χ4v) is 2.19. The van der Waals surface area contributed by atoms with Crippen LogP contribution in [0.2, 0.25) is 0 Å². The van der Waals surface area contributed by atoms with Gasteiger partial charge in [0, 0.05) is 8.95 Å². The third kappa shape index (κ3) is 2.24. The van der Waals surface area contributed by atoms with Gasteiger partial charge in [-0.15, -0.1) is 21.8 Å². The van der Waals surface area contributed by atoms with Crippen molar-refractivity contribution in [2.75, 3.05) is 0 Å². The highest BCUT2D eigenvalue weighted by atomic mass is 79.9. The molecule has 0 aliphatic rings. The summed E-state index contributed by atoms with van der Waals surface area (Å²) in [4.78, 5) is 0. The van der Waals surface area contributed by atoms with Gasteiger partial charge in [-0.2, -0.15) is 0 Å². The molecule has 2 aromatic rings. The van der Waals surface area contributed by atoms with Crippen molar-refractivity contribution in [3.05, 3.63) is 39.3 Å². The van der Waals surface area contributed by atoms with Crippen LogP contribution >= 0.6 is 43.5 Å². The summed E-state index contributed by atoms with van der Waals surface area (Å²) in [5, 5.41) is 7.76. The smallest absolute Gasteiger partial charge is 0.152 e. The zero-order valence-electron chi connectivity index (χ0n) is 7.49. The fourth-order valence-electron chi connectivity index (χ4n) is 1.22. The Kier molecular flexibility index (Phi) is 3.43. The van der Waals surface area contributed by atoms with Gasteiger partial charge in [0.05, 0.1) is 11.6 Å². The highest BCUT2D eigenvalue weighted by Gasteiger charge is 2.08. The van der Waals surface area contributed by atoms with Crippen LogP contribution in [0.5, 0.6) is 0 Å². The van der Waals surface area contributed by atoms with Crippen molar-refractivity contribution in [3.63, 3.8) is 0 Å². The lowest BCUT2D eigenvalue weighted by atomic mass is 10.3. The van der Waals surface area contributed by atoms with Crippen molar-refractivity contribution in [1.82, 2.24) is 14.8 Å². The average Bonchev–Trinajstić information content (AvgIpc) is 2.69. The van der Waals surface area contributed by atoms with Gasteiger partial charge in [-0.1, -0.05) is 15.9 Å². The first kappa shape index (κ1) is 11.1. The maximum Gasteiger partial charge on any atom is 0.152 e. The lowest BCUT2D eigenvalue weighted by Gasteiger charge is -2.07. The van der Waals surface area contributed by atoms with Crippen LogP contribution in [0.3, 0.4) is 0 Å². The molecule has 0 fully saturated rings. The number of hydrogen-bond acceptors (Lipinski definition) is 2. The number of rotatable bonds is 2. The molecule has 1 heterocycles. The van der Waals surface area contributed by atoms with Crippen molar-refractivity contribution >= 4 is 43.5 Å². The quantitative estimate of drug-likeness (QED) is 0.775. The summed E-state index contributed by atoms with van der Waals surface area (Å²) in [5.41, 5.74) is 0.963. The molecule has 0 atom stereocenters. The molecule has 0 N–H and O–H groups in total. The summed E-state index contributed by atoms with van der Waals surface area (Å²) in [6.07, 6.45) is 1.64. The number of aromatic nitrogens is 3. The van der Waals surface area contributed by atoms with Gasteiger partial charge in [0.25, 0.3) is 0 Å². The Morgan fingerprint density at radius 3 is 2.87 bits per heavy atom. The molecule has 1 aromatic heterocycles. The van der Waals surface area contributed by atoms with Crippen LogP contribution in [0.15, 0.2) is 33.5 Å². The molecule has 0 aliphatic carbocycles. The molecule has 0 radical (unpaired) electrons. The van der Waals surface area contributed by atoms with Crippen LogP contribution < -0.4 is 0 Å². The Morgan fingerprint density at radius 2 is 2.13 bits per heavy atom. The van der Waals surface area contributed by atoms with E-state index in [4.69, 9.17) is 11.6 Å².